The Morgan fingerprint density at radius 1 is 0.943 bits per heavy atom. The van der Waals surface area contributed by atoms with Crippen molar-refractivity contribution in [3.63, 3.8) is 0 Å². The SMILES string of the molecule is CN1CCN(C2(CCC3CCN(c4cccc(-c5cc6cc(F)ccc6[nH]5)c4)CC3)CCC2)CC1. The van der Waals surface area contributed by atoms with Crippen LogP contribution in [0, 0.1) is 11.7 Å². The highest BCUT2D eigenvalue weighted by molar-refractivity contribution is 5.86. The Morgan fingerprint density at radius 2 is 1.74 bits per heavy atom. The molecule has 0 amide bonds. The minimum Gasteiger partial charge on any atom is -0.371 e. The predicted molar refractivity (Wildman–Crippen MR) is 144 cm³/mol. The largest absolute Gasteiger partial charge is 0.371 e. The van der Waals surface area contributed by atoms with E-state index in [1.165, 1.54) is 88.4 Å². The van der Waals surface area contributed by atoms with Crippen LogP contribution in [-0.4, -0.2) is 66.6 Å². The average molecular weight is 475 g/mol. The zero-order chi connectivity index (χ0) is 23.8. The zero-order valence-corrected chi connectivity index (χ0v) is 21.1. The third-order valence-corrected chi connectivity index (χ3v) is 9.20. The van der Waals surface area contributed by atoms with E-state index in [1.807, 2.05) is 6.07 Å². The first-order valence-corrected chi connectivity index (χ1v) is 13.7. The molecule has 3 aliphatic rings. The number of halogens is 1. The van der Waals surface area contributed by atoms with Crippen molar-refractivity contribution < 1.29 is 4.39 Å². The molecular formula is C30H39FN4. The number of benzene rings is 2. The molecule has 186 valence electrons. The molecule has 1 N–H and O–H groups in total. The maximum Gasteiger partial charge on any atom is 0.123 e. The quantitative estimate of drug-likeness (QED) is 0.465. The number of hydrogen-bond donors (Lipinski definition) is 1. The Labute approximate surface area is 209 Å². The Hall–Kier alpha value is -2.37. The summed E-state index contributed by atoms with van der Waals surface area (Å²) >= 11 is 0. The van der Waals surface area contributed by atoms with Gasteiger partial charge in [-0.25, -0.2) is 4.39 Å². The molecule has 1 aliphatic carbocycles. The maximum atomic E-state index is 13.6. The van der Waals surface area contributed by atoms with E-state index in [-0.39, 0.29) is 5.82 Å². The summed E-state index contributed by atoms with van der Waals surface area (Å²) in [5.41, 5.74) is 5.03. The predicted octanol–water partition coefficient (Wildman–Crippen LogP) is 6.14. The van der Waals surface area contributed by atoms with Gasteiger partial charge in [0.15, 0.2) is 0 Å². The Bertz CT molecular complexity index is 1150. The fourth-order valence-electron chi connectivity index (χ4n) is 6.67. The van der Waals surface area contributed by atoms with Gasteiger partial charge < -0.3 is 14.8 Å². The third-order valence-electron chi connectivity index (χ3n) is 9.20. The number of aromatic nitrogens is 1. The number of piperidine rings is 1. The molecule has 0 radical (unpaired) electrons. The van der Waals surface area contributed by atoms with Gasteiger partial charge in [0.2, 0.25) is 0 Å². The van der Waals surface area contributed by atoms with Crippen molar-refractivity contribution in [3.8, 4) is 11.3 Å². The molecule has 2 aromatic carbocycles. The number of H-pyrrole nitrogens is 1. The van der Waals surface area contributed by atoms with E-state index in [0.717, 1.165) is 35.6 Å². The van der Waals surface area contributed by atoms with Gasteiger partial charge in [0.05, 0.1) is 0 Å². The normalized spacial score (nSPS) is 21.9. The molecule has 0 bridgehead atoms. The molecule has 1 saturated carbocycles. The second-order valence-corrected chi connectivity index (χ2v) is 11.3. The Morgan fingerprint density at radius 3 is 2.49 bits per heavy atom. The molecule has 4 nitrogen and oxygen atoms in total. The molecule has 2 saturated heterocycles. The second kappa shape index (κ2) is 9.59. The van der Waals surface area contributed by atoms with E-state index in [2.05, 4.69) is 57.1 Å². The molecule has 0 spiro atoms. The summed E-state index contributed by atoms with van der Waals surface area (Å²) < 4.78 is 13.6. The average Bonchev–Trinajstić information content (AvgIpc) is 3.28. The van der Waals surface area contributed by atoms with E-state index < -0.39 is 0 Å². The van der Waals surface area contributed by atoms with Crippen LogP contribution in [0.4, 0.5) is 10.1 Å². The highest BCUT2D eigenvalue weighted by Crippen LogP contribution is 2.43. The van der Waals surface area contributed by atoms with Crippen LogP contribution in [0.1, 0.15) is 44.9 Å². The number of hydrogen-bond acceptors (Lipinski definition) is 3. The number of nitrogens with zero attached hydrogens (tertiary/aromatic N) is 3. The highest BCUT2D eigenvalue weighted by atomic mass is 19.1. The number of aromatic amines is 1. The zero-order valence-electron chi connectivity index (χ0n) is 21.1. The molecule has 0 unspecified atom stereocenters. The number of nitrogens with one attached hydrogen (secondary N) is 1. The van der Waals surface area contributed by atoms with E-state index in [4.69, 9.17) is 0 Å². The number of fused-ring (bicyclic) bond motifs is 1. The molecule has 3 aromatic rings. The Balaban J connectivity index is 1.06. The molecule has 3 heterocycles. The van der Waals surface area contributed by atoms with Gasteiger partial charge in [0.25, 0.3) is 0 Å². The van der Waals surface area contributed by atoms with Crippen molar-refractivity contribution >= 4 is 16.6 Å². The van der Waals surface area contributed by atoms with Gasteiger partial charge in [-0.05, 0) is 99.9 Å². The molecule has 6 rings (SSSR count). The molecule has 35 heavy (non-hydrogen) atoms. The molecule has 5 heteroatoms. The molecule has 3 fully saturated rings. The molecule has 0 atom stereocenters. The molecule has 1 aromatic heterocycles. The van der Waals surface area contributed by atoms with Crippen molar-refractivity contribution in [1.29, 1.82) is 0 Å². The molecule has 2 aliphatic heterocycles. The summed E-state index contributed by atoms with van der Waals surface area (Å²) in [6.45, 7) is 7.28. The first kappa shape index (κ1) is 23.1. The van der Waals surface area contributed by atoms with Crippen molar-refractivity contribution in [2.24, 2.45) is 5.92 Å². The van der Waals surface area contributed by atoms with Crippen molar-refractivity contribution in [3.05, 3.63) is 54.3 Å². The van der Waals surface area contributed by atoms with Crippen LogP contribution in [0.5, 0.6) is 0 Å². The van der Waals surface area contributed by atoms with Gasteiger partial charge in [0.1, 0.15) is 5.82 Å². The monoisotopic (exact) mass is 474 g/mol. The van der Waals surface area contributed by atoms with Crippen LogP contribution in [0.3, 0.4) is 0 Å². The fraction of sp³-hybridized carbons (Fsp3) is 0.533. The summed E-state index contributed by atoms with van der Waals surface area (Å²) in [6.07, 6.45) is 9.66. The maximum absolute atomic E-state index is 13.6. The van der Waals surface area contributed by atoms with Crippen LogP contribution < -0.4 is 4.90 Å². The lowest BCUT2D eigenvalue weighted by Gasteiger charge is -2.53. The van der Waals surface area contributed by atoms with Crippen LogP contribution >= 0.6 is 0 Å². The number of piperazine rings is 1. The summed E-state index contributed by atoms with van der Waals surface area (Å²) in [4.78, 5) is 11.3. The van der Waals surface area contributed by atoms with Gasteiger partial charge in [-0.1, -0.05) is 12.1 Å². The van der Waals surface area contributed by atoms with E-state index in [0.29, 0.717) is 5.54 Å². The lowest BCUT2D eigenvalue weighted by atomic mass is 9.70. The van der Waals surface area contributed by atoms with Crippen LogP contribution in [0.15, 0.2) is 48.5 Å². The summed E-state index contributed by atoms with van der Waals surface area (Å²) in [5, 5.41) is 0.923. The molecular weight excluding hydrogens is 435 g/mol. The van der Waals surface area contributed by atoms with Gasteiger partial charge in [0, 0.05) is 67.1 Å². The lowest BCUT2D eigenvalue weighted by molar-refractivity contribution is -0.0241. The van der Waals surface area contributed by atoms with Crippen LogP contribution in [0.2, 0.25) is 0 Å². The lowest BCUT2D eigenvalue weighted by Crippen LogP contribution is -2.59. The summed E-state index contributed by atoms with van der Waals surface area (Å²) in [6, 6.07) is 15.8. The van der Waals surface area contributed by atoms with E-state index in [9.17, 15) is 4.39 Å². The third kappa shape index (κ3) is 4.73. The summed E-state index contributed by atoms with van der Waals surface area (Å²) in [5.74, 6) is 0.675. The van der Waals surface area contributed by atoms with Crippen molar-refractivity contribution in [2.45, 2.75) is 50.5 Å². The number of rotatable bonds is 6. The number of likely N-dealkylation sites (N-methyl/N-ethyl adjacent to an activating group) is 1. The van der Waals surface area contributed by atoms with Crippen LogP contribution in [0.25, 0.3) is 22.2 Å². The van der Waals surface area contributed by atoms with E-state index >= 15 is 0 Å². The number of anilines is 1. The van der Waals surface area contributed by atoms with Crippen molar-refractivity contribution in [2.75, 3.05) is 51.2 Å². The minimum atomic E-state index is -0.188. The first-order valence-electron chi connectivity index (χ1n) is 13.7. The van der Waals surface area contributed by atoms with Gasteiger partial charge >= 0.3 is 0 Å². The minimum absolute atomic E-state index is 0.188. The summed E-state index contributed by atoms with van der Waals surface area (Å²) in [7, 11) is 2.26. The van der Waals surface area contributed by atoms with Crippen LogP contribution in [-0.2, 0) is 0 Å². The highest BCUT2D eigenvalue weighted by Gasteiger charge is 2.43. The van der Waals surface area contributed by atoms with Gasteiger partial charge in [-0.15, -0.1) is 0 Å². The second-order valence-electron chi connectivity index (χ2n) is 11.3. The topological polar surface area (TPSA) is 25.5 Å². The first-order chi connectivity index (χ1) is 17.1. The van der Waals surface area contributed by atoms with Crippen molar-refractivity contribution in [1.82, 2.24) is 14.8 Å². The standard InChI is InChI=1S/C30H39FN4/c1-33-16-18-35(19-17-33)30(11-3-12-30)13-8-23-9-14-34(15-10-23)27-5-2-4-24(21-27)29-22-25-20-26(31)6-7-28(25)32-29/h2,4-7,20-23,32H,3,8-19H2,1H3. The van der Waals surface area contributed by atoms with Gasteiger partial charge in [-0.2, -0.15) is 0 Å². The van der Waals surface area contributed by atoms with E-state index in [1.54, 1.807) is 6.07 Å². The fourth-order valence-corrected chi connectivity index (χ4v) is 6.67. The Kier molecular flexibility index (Phi) is 6.32. The van der Waals surface area contributed by atoms with Gasteiger partial charge in [-0.3, -0.25) is 4.90 Å². The smallest absolute Gasteiger partial charge is 0.123 e.